The Morgan fingerprint density at radius 3 is 2.29 bits per heavy atom. The van der Waals surface area contributed by atoms with E-state index < -0.39 is 15.1 Å². The largest absolute Gasteiger partial charge is 0.327 e. The summed E-state index contributed by atoms with van der Waals surface area (Å²) in [6.45, 7) is 3.55. The average Bonchev–Trinajstić information content (AvgIpc) is 2.30. The number of nitrogens with two attached hydrogens (primary N) is 1. The predicted octanol–water partition coefficient (Wildman–Crippen LogP) is 2.38. The Balaban J connectivity index is 2.83. The number of halogens is 1. The van der Waals surface area contributed by atoms with Gasteiger partial charge in [0, 0.05) is 11.1 Å². The van der Waals surface area contributed by atoms with Gasteiger partial charge in [-0.3, -0.25) is 0 Å². The minimum absolute atomic E-state index is 0.0129. The lowest BCUT2D eigenvalue weighted by Gasteiger charge is -2.18. The first kappa shape index (κ1) is 14.5. The minimum Gasteiger partial charge on any atom is -0.327 e. The van der Waals surface area contributed by atoms with Crippen molar-refractivity contribution in [1.29, 1.82) is 0 Å². The molecular weight excluding hydrogens is 258 g/mol. The average molecular weight is 276 g/mol. The normalized spacial score (nSPS) is 15.5. The van der Waals surface area contributed by atoms with Gasteiger partial charge in [0.1, 0.15) is 0 Å². The van der Waals surface area contributed by atoms with Gasteiger partial charge < -0.3 is 5.73 Å². The molecule has 0 saturated heterocycles. The number of hydrogen-bond donors (Lipinski definition) is 1. The molecule has 0 aliphatic carbocycles. The van der Waals surface area contributed by atoms with Crippen LogP contribution in [0.1, 0.15) is 25.8 Å². The fourth-order valence-electron chi connectivity index (χ4n) is 1.54. The molecule has 0 amide bonds. The van der Waals surface area contributed by atoms with E-state index in [1.165, 1.54) is 0 Å². The van der Waals surface area contributed by atoms with Gasteiger partial charge in [-0.1, -0.05) is 30.7 Å². The van der Waals surface area contributed by atoms with E-state index in [1.54, 1.807) is 31.2 Å². The highest BCUT2D eigenvalue weighted by atomic mass is 35.5. The van der Waals surface area contributed by atoms with Crippen LogP contribution in [0.25, 0.3) is 0 Å². The maximum atomic E-state index is 12.1. The van der Waals surface area contributed by atoms with Gasteiger partial charge in [0.2, 0.25) is 0 Å². The van der Waals surface area contributed by atoms with E-state index in [0.29, 0.717) is 11.4 Å². The first-order valence-electron chi connectivity index (χ1n) is 5.58. The molecule has 0 radical (unpaired) electrons. The van der Waals surface area contributed by atoms with Gasteiger partial charge in [-0.15, -0.1) is 0 Å². The molecule has 17 heavy (non-hydrogen) atoms. The molecule has 0 aliphatic heterocycles. The molecule has 0 spiro atoms. The van der Waals surface area contributed by atoms with Crippen LogP contribution >= 0.6 is 11.6 Å². The molecule has 0 bridgehead atoms. The molecule has 0 fully saturated rings. The molecular formula is C12H18ClNO2S. The number of benzene rings is 1. The van der Waals surface area contributed by atoms with E-state index in [9.17, 15) is 8.42 Å². The topological polar surface area (TPSA) is 60.2 Å². The molecule has 96 valence electrons. The van der Waals surface area contributed by atoms with Gasteiger partial charge in [-0.25, -0.2) is 8.42 Å². The second kappa shape index (κ2) is 5.85. The fourth-order valence-corrected chi connectivity index (χ4v) is 3.31. The molecule has 1 aromatic carbocycles. The van der Waals surface area contributed by atoms with Gasteiger partial charge in [-0.2, -0.15) is 0 Å². The van der Waals surface area contributed by atoms with Gasteiger partial charge >= 0.3 is 0 Å². The summed E-state index contributed by atoms with van der Waals surface area (Å²) in [5.41, 5.74) is 6.52. The summed E-state index contributed by atoms with van der Waals surface area (Å²) in [5.74, 6) is 0.0129. The molecule has 0 heterocycles. The van der Waals surface area contributed by atoms with Crippen molar-refractivity contribution in [2.24, 2.45) is 5.73 Å². The smallest absolute Gasteiger partial charge is 0.158 e. The lowest BCUT2D eigenvalue weighted by atomic mass is 10.2. The van der Waals surface area contributed by atoms with Crippen LogP contribution in [0.5, 0.6) is 0 Å². The third-order valence-corrected chi connectivity index (χ3v) is 5.39. The number of hydrogen-bond acceptors (Lipinski definition) is 3. The maximum absolute atomic E-state index is 12.1. The zero-order valence-electron chi connectivity index (χ0n) is 10.1. The van der Waals surface area contributed by atoms with Crippen LogP contribution < -0.4 is 5.73 Å². The summed E-state index contributed by atoms with van der Waals surface area (Å²) in [6, 6.07) is 6.52. The molecule has 0 aliphatic rings. The Kier molecular flexibility index (Phi) is 4.98. The standard InChI is InChI=1S/C12H18ClNO2S/c1-3-12(14)9(2)17(15,16)8-10-4-6-11(13)7-5-10/h4-7,9,12H,3,8,14H2,1-2H3. The van der Waals surface area contributed by atoms with E-state index in [1.807, 2.05) is 6.92 Å². The van der Waals surface area contributed by atoms with Crippen molar-refractivity contribution in [2.45, 2.75) is 37.3 Å². The molecule has 1 aromatic rings. The van der Waals surface area contributed by atoms with Crippen molar-refractivity contribution in [1.82, 2.24) is 0 Å². The molecule has 2 atom stereocenters. The molecule has 3 nitrogen and oxygen atoms in total. The Hall–Kier alpha value is -0.580. The van der Waals surface area contributed by atoms with Crippen LogP contribution in [0.3, 0.4) is 0 Å². The van der Waals surface area contributed by atoms with E-state index in [-0.39, 0.29) is 11.8 Å². The third kappa shape index (κ3) is 3.98. The molecule has 0 saturated carbocycles. The Labute approximate surface area is 108 Å². The van der Waals surface area contributed by atoms with E-state index in [0.717, 1.165) is 5.56 Å². The zero-order chi connectivity index (χ0) is 13.1. The second-order valence-corrected chi connectivity index (χ2v) is 7.01. The lowest BCUT2D eigenvalue weighted by Crippen LogP contribution is -2.38. The Morgan fingerprint density at radius 1 is 1.29 bits per heavy atom. The van der Waals surface area contributed by atoms with E-state index in [2.05, 4.69) is 0 Å². The molecule has 2 N–H and O–H groups in total. The van der Waals surface area contributed by atoms with Crippen LogP contribution in [0.2, 0.25) is 5.02 Å². The lowest BCUT2D eigenvalue weighted by molar-refractivity contribution is 0.551. The highest BCUT2D eigenvalue weighted by Crippen LogP contribution is 2.16. The Morgan fingerprint density at radius 2 is 1.82 bits per heavy atom. The van der Waals surface area contributed by atoms with Crippen molar-refractivity contribution < 1.29 is 8.42 Å². The highest BCUT2D eigenvalue weighted by Gasteiger charge is 2.25. The van der Waals surface area contributed by atoms with E-state index in [4.69, 9.17) is 17.3 Å². The molecule has 2 unspecified atom stereocenters. The Bertz CT molecular complexity index is 456. The highest BCUT2D eigenvalue weighted by molar-refractivity contribution is 7.91. The van der Waals surface area contributed by atoms with Gasteiger partial charge in [0.15, 0.2) is 9.84 Å². The van der Waals surface area contributed by atoms with Gasteiger partial charge in [0.05, 0.1) is 11.0 Å². The van der Waals surface area contributed by atoms with Gasteiger partial charge in [-0.05, 0) is 31.0 Å². The summed E-state index contributed by atoms with van der Waals surface area (Å²) in [7, 11) is -3.21. The predicted molar refractivity (Wildman–Crippen MR) is 71.8 cm³/mol. The SMILES string of the molecule is CCC(N)C(C)S(=O)(=O)Cc1ccc(Cl)cc1. The van der Waals surface area contributed by atoms with E-state index >= 15 is 0 Å². The van der Waals surface area contributed by atoms with Crippen molar-refractivity contribution >= 4 is 21.4 Å². The minimum atomic E-state index is -3.21. The monoisotopic (exact) mass is 275 g/mol. The fraction of sp³-hybridized carbons (Fsp3) is 0.500. The first-order chi connectivity index (χ1) is 7.86. The third-order valence-electron chi connectivity index (χ3n) is 2.92. The van der Waals surface area contributed by atoms with Crippen molar-refractivity contribution in [3.8, 4) is 0 Å². The van der Waals surface area contributed by atoms with Crippen LogP contribution in [0.4, 0.5) is 0 Å². The molecule has 5 heteroatoms. The first-order valence-corrected chi connectivity index (χ1v) is 7.67. The van der Waals surface area contributed by atoms with Crippen molar-refractivity contribution in [2.75, 3.05) is 0 Å². The quantitative estimate of drug-likeness (QED) is 0.897. The summed E-state index contributed by atoms with van der Waals surface area (Å²) >= 11 is 5.75. The molecule has 0 aromatic heterocycles. The van der Waals surface area contributed by atoms with Gasteiger partial charge in [0.25, 0.3) is 0 Å². The van der Waals surface area contributed by atoms with Crippen LogP contribution in [-0.2, 0) is 15.6 Å². The molecule has 1 rings (SSSR count). The summed E-state index contributed by atoms with van der Waals surface area (Å²) in [4.78, 5) is 0. The number of rotatable bonds is 5. The van der Waals surface area contributed by atoms with Crippen molar-refractivity contribution in [3.05, 3.63) is 34.9 Å². The van der Waals surface area contributed by atoms with Crippen LogP contribution in [0.15, 0.2) is 24.3 Å². The number of sulfone groups is 1. The summed E-state index contributed by atoms with van der Waals surface area (Å²) < 4.78 is 24.1. The van der Waals surface area contributed by atoms with Crippen LogP contribution in [-0.4, -0.2) is 19.7 Å². The van der Waals surface area contributed by atoms with Crippen LogP contribution in [0, 0.1) is 0 Å². The maximum Gasteiger partial charge on any atom is 0.158 e. The summed E-state index contributed by atoms with van der Waals surface area (Å²) in [6.07, 6.45) is 0.654. The van der Waals surface area contributed by atoms with Crippen molar-refractivity contribution in [3.63, 3.8) is 0 Å². The zero-order valence-corrected chi connectivity index (χ0v) is 11.6. The summed E-state index contributed by atoms with van der Waals surface area (Å²) in [5, 5.41) is 0.0765. The second-order valence-electron chi connectivity index (χ2n) is 4.21.